The van der Waals surface area contributed by atoms with Crippen LogP contribution in [0.3, 0.4) is 0 Å². The van der Waals surface area contributed by atoms with Gasteiger partial charge in [-0.25, -0.2) is 0 Å². The Hall–Kier alpha value is -0.740. The van der Waals surface area contributed by atoms with Crippen molar-refractivity contribution in [2.24, 2.45) is 0 Å². The van der Waals surface area contributed by atoms with Crippen molar-refractivity contribution < 1.29 is 0 Å². The van der Waals surface area contributed by atoms with Crippen molar-refractivity contribution in [3.05, 3.63) is 20.3 Å². The predicted octanol–water partition coefficient (Wildman–Crippen LogP) is 2.39. The van der Waals surface area contributed by atoms with Gasteiger partial charge in [-0.1, -0.05) is 33.0 Å². The average Bonchev–Trinajstić information content (AvgIpc) is 2.28. The highest BCUT2D eigenvalue weighted by atomic mass is 32.1. The summed E-state index contributed by atoms with van der Waals surface area (Å²) in [6, 6.07) is 0. The highest BCUT2D eigenvalue weighted by Gasteiger charge is 2.29. The van der Waals surface area contributed by atoms with Crippen LogP contribution in [-0.2, 0) is 5.41 Å². The van der Waals surface area contributed by atoms with Crippen LogP contribution in [0, 0.1) is 4.51 Å². The molecule has 0 fully saturated rings. The summed E-state index contributed by atoms with van der Waals surface area (Å²) in [7, 11) is 3.99. The van der Waals surface area contributed by atoms with Crippen LogP contribution >= 0.6 is 12.2 Å². The molecule has 0 aliphatic heterocycles. The van der Waals surface area contributed by atoms with Crippen LogP contribution in [0.1, 0.15) is 39.2 Å². The Morgan fingerprint density at radius 3 is 2.39 bits per heavy atom. The Labute approximate surface area is 115 Å². The van der Waals surface area contributed by atoms with Gasteiger partial charge in [0.1, 0.15) is 4.51 Å². The maximum Gasteiger partial charge on any atom is 0.204 e. The summed E-state index contributed by atoms with van der Waals surface area (Å²) >= 11 is 5.19. The SMILES string of the molecule is CNCCCCN(C)c1c(C(C)(C)C)c(=O)c1=S. The third-order valence-corrected chi connectivity index (χ3v) is 3.57. The third kappa shape index (κ3) is 3.18. The molecule has 0 saturated carbocycles. The average molecular weight is 268 g/mol. The molecule has 0 aromatic heterocycles. The minimum Gasteiger partial charge on any atom is -0.373 e. The predicted molar refractivity (Wildman–Crippen MR) is 81.0 cm³/mol. The molecule has 0 amide bonds. The Kier molecular flexibility index (Phi) is 5.05. The lowest BCUT2D eigenvalue weighted by Gasteiger charge is -2.30. The van der Waals surface area contributed by atoms with E-state index in [9.17, 15) is 4.79 Å². The molecule has 3 nitrogen and oxygen atoms in total. The van der Waals surface area contributed by atoms with Crippen molar-refractivity contribution in [2.45, 2.75) is 39.0 Å². The number of unbranched alkanes of at least 4 members (excludes halogenated alkanes) is 1. The van der Waals surface area contributed by atoms with Crippen molar-refractivity contribution in [2.75, 3.05) is 32.1 Å². The van der Waals surface area contributed by atoms with E-state index in [2.05, 4.69) is 31.0 Å². The number of anilines is 1. The summed E-state index contributed by atoms with van der Waals surface area (Å²) in [5, 5.41) is 3.14. The van der Waals surface area contributed by atoms with Crippen LogP contribution in [0.15, 0.2) is 4.79 Å². The first kappa shape index (κ1) is 15.3. The number of hydrogen-bond donors (Lipinski definition) is 1. The van der Waals surface area contributed by atoms with E-state index in [1.54, 1.807) is 0 Å². The molecule has 1 rings (SSSR count). The first-order valence-corrected chi connectivity index (χ1v) is 6.91. The standard InChI is InChI=1S/C14H24N2OS/c1-14(2,3)10-11(13(18)12(10)17)16(5)9-7-6-8-15-4/h15H,6-9H2,1-5H3. The van der Waals surface area contributed by atoms with E-state index in [1.165, 1.54) is 0 Å². The lowest BCUT2D eigenvalue weighted by molar-refractivity contribution is 0.575. The fourth-order valence-electron chi connectivity index (χ4n) is 2.20. The van der Waals surface area contributed by atoms with Crippen molar-refractivity contribution in [3.63, 3.8) is 0 Å². The molecule has 0 atom stereocenters. The van der Waals surface area contributed by atoms with Crippen LogP contribution in [0.2, 0.25) is 0 Å². The Morgan fingerprint density at radius 1 is 1.28 bits per heavy atom. The molecule has 0 bridgehead atoms. The molecule has 1 aromatic carbocycles. The monoisotopic (exact) mass is 268 g/mol. The van der Waals surface area contributed by atoms with E-state index in [-0.39, 0.29) is 10.8 Å². The van der Waals surface area contributed by atoms with Gasteiger partial charge in [-0.15, -0.1) is 0 Å². The smallest absolute Gasteiger partial charge is 0.204 e. The van der Waals surface area contributed by atoms with E-state index < -0.39 is 0 Å². The van der Waals surface area contributed by atoms with Crippen LogP contribution in [0.25, 0.3) is 0 Å². The van der Waals surface area contributed by atoms with E-state index in [1.807, 2.05) is 14.1 Å². The molecular formula is C14H24N2OS. The number of nitrogens with one attached hydrogen (secondary N) is 1. The molecule has 0 unspecified atom stereocenters. The van der Waals surface area contributed by atoms with E-state index >= 15 is 0 Å². The molecule has 0 radical (unpaired) electrons. The summed E-state index contributed by atoms with van der Waals surface area (Å²) < 4.78 is 0.510. The molecule has 18 heavy (non-hydrogen) atoms. The second-order valence-corrected chi connectivity index (χ2v) is 6.27. The molecule has 4 heteroatoms. The zero-order valence-corrected chi connectivity index (χ0v) is 12.9. The molecule has 0 spiro atoms. The van der Waals surface area contributed by atoms with Gasteiger partial charge in [0.25, 0.3) is 0 Å². The molecule has 0 saturated heterocycles. The van der Waals surface area contributed by atoms with Gasteiger partial charge in [0.15, 0.2) is 0 Å². The lowest BCUT2D eigenvalue weighted by atomic mass is 9.82. The van der Waals surface area contributed by atoms with Gasteiger partial charge >= 0.3 is 0 Å². The number of nitrogens with zero attached hydrogens (tertiary/aromatic N) is 1. The second-order valence-electron chi connectivity index (χ2n) is 5.86. The van der Waals surface area contributed by atoms with Crippen molar-refractivity contribution in [1.29, 1.82) is 0 Å². The summed E-state index contributed by atoms with van der Waals surface area (Å²) in [5.41, 5.74) is 1.83. The van der Waals surface area contributed by atoms with Gasteiger partial charge in [-0.3, -0.25) is 4.79 Å². The molecule has 0 aliphatic carbocycles. The van der Waals surface area contributed by atoms with Gasteiger partial charge in [-0.05, 0) is 31.8 Å². The summed E-state index contributed by atoms with van der Waals surface area (Å²) in [6.07, 6.45) is 2.24. The Bertz CT molecular complexity index is 467. The maximum absolute atomic E-state index is 11.9. The number of rotatable bonds is 6. The number of hydrogen-bond acceptors (Lipinski definition) is 4. The van der Waals surface area contributed by atoms with Gasteiger partial charge in [0.05, 0.1) is 5.69 Å². The second kappa shape index (κ2) is 5.93. The van der Waals surface area contributed by atoms with E-state index in [0.717, 1.165) is 37.2 Å². The molecule has 0 heterocycles. The van der Waals surface area contributed by atoms with Crippen LogP contribution < -0.4 is 15.6 Å². The molecule has 1 N–H and O–H groups in total. The van der Waals surface area contributed by atoms with Crippen molar-refractivity contribution in [1.82, 2.24) is 5.32 Å². The summed E-state index contributed by atoms with van der Waals surface area (Å²) in [4.78, 5) is 14.0. The topological polar surface area (TPSA) is 32.3 Å². The normalized spacial score (nSPS) is 12.1. The Balaban J connectivity index is 2.75. The van der Waals surface area contributed by atoms with Crippen LogP contribution in [-0.4, -0.2) is 27.2 Å². The van der Waals surface area contributed by atoms with Gasteiger partial charge in [0, 0.05) is 19.2 Å². The van der Waals surface area contributed by atoms with Crippen molar-refractivity contribution >= 4 is 17.9 Å². The van der Waals surface area contributed by atoms with E-state index in [4.69, 9.17) is 12.2 Å². The first-order valence-electron chi connectivity index (χ1n) is 6.50. The van der Waals surface area contributed by atoms with Gasteiger partial charge < -0.3 is 10.2 Å². The molecule has 0 aliphatic rings. The first-order chi connectivity index (χ1) is 8.30. The summed E-state index contributed by atoms with van der Waals surface area (Å²) in [5.74, 6) is 0. The quantitative estimate of drug-likeness (QED) is 0.634. The lowest BCUT2D eigenvalue weighted by Crippen LogP contribution is -2.35. The van der Waals surface area contributed by atoms with Crippen LogP contribution in [0.4, 0.5) is 5.69 Å². The van der Waals surface area contributed by atoms with Gasteiger partial charge in [0.2, 0.25) is 5.43 Å². The minimum absolute atomic E-state index is 0.0644. The van der Waals surface area contributed by atoms with Crippen LogP contribution in [0.5, 0.6) is 0 Å². The molecule has 102 valence electrons. The zero-order valence-electron chi connectivity index (χ0n) is 12.1. The summed E-state index contributed by atoms with van der Waals surface area (Å²) in [6.45, 7) is 8.18. The largest absolute Gasteiger partial charge is 0.373 e. The highest BCUT2D eigenvalue weighted by Crippen LogP contribution is 2.32. The Morgan fingerprint density at radius 2 is 1.89 bits per heavy atom. The molecular weight excluding hydrogens is 244 g/mol. The van der Waals surface area contributed by atoms with Gasteiger partial charge in [-0.2, -0.15) is 0 Å². The third-order valence-electron chi connectivity index (χ3n) is 3.19. The fourth-order valence-corrected chi connectivity index (χ4v) is 2.56. The molecule has 1 aromatic rings. The minimum atomic E-state index is -0.117. The zero-order chi connectivity index (χ0) is 13.9. The van der Waals surface area contributed by atoms with Crippen molar-refractivity contribution in [3.8, 4) is 0 Å². The highest BCUT2D eigenvalue weighted by molar-refractivity contribution is 7.71. The fraction of sp³-hybridized carbons (Fsp3) is 0.714. The maximum atomic E-state index is 11.9. The van der Waals surface area contributed by atoms with E-state index in [0.29, 0.717) is 4.51 Å².